The van der Waals surface area contributed by atoms with E-state index < -0.39 is 48.8 Å². The number of carbonyl (C=O) groups is 1. The van der Waals surface area contributed by atoms with Gasteiger partial charge in [-0.25, -0.2) is 9.18 Å². The molecule has 0 aromatic heterocycles. The summed E-state index contributed by atoms with van der Waals surface area (Å²) in [6, 6.07) is 1.90. The molecule has 1 N–H and O–H groups in total. The number of alkyl halides is 3. The summed E-state index contributed by atoms with van der Waals surface area (Å²) in [6.45, 7) is 8.78. The number of hydrogen-bond acceptors (Lipinski definition) is 3. The number of likely N-dealkylation sites (tertiary alicyclic amines) is 1. The van der Waals surface area contributed by atoms with Gasteiger partial charge in [0.15, 0.2) is 0 Å². The average Bonchev–Trinajstić information content (AvgIpc) is 3.13. The Balaban J connectivity index is 1.78. The van der Waals surface area contributed by atoms with Crippen molar-refractivity contribution in [2.75, 3.05) is 18.4 Å². The lowest BCUT2D eigenvalue weighted by Crippen LogP contribution is -2.41. The molecule has 160 valence electrons. The van der Waals surface area contributed by atoms with Crippen molar-refractivity contribution in [3.8, 4) is 0 Å². The lowest BCUT2D eigenvalue weighted by molar-refractivity contribution is -0.169. The molecule has 2 aliphatic rings. The van der Waals surface area contributed by atoms with Gasteiger partial charge in [0.05, 0.1) is 22.8 Å². The average molecular weight is 416 g/mol. The number of rotatable bonds is 2. The third kappa shape index (κ3) is 4.23. The number of nitrogens with zero attached hydrogens (tertiary/aromatic N) is 1. The number of anilines is 1. The van der Waals surface area contributed by atoms with Gasteiger partial charge in [0.25, 0.3) is 0 Å². The first-order chi connectivity index (χ1) is 13.2. The fourth-order valence-corrected chi connectivity index (χ4v) is 3.42. The number of halogens is 4. The molecular weight excluding hydrogens is 391 g/mol. The molecule has 29 heavy (non-hydrogen) atoms. The molecular formula is C19H25BF4N2O3. The quantitative estimate of drug-likeness (QED) is 0.589. The van der Waals surface area contributed by atoms with Crippen LogP contribution >= 0.6 is 0 Å². The summed E-state index contributed by atoms with van der Waals surface area (Å²) >= 11 is 0. The van der Waals surface area contributed by atoms with Crippen LogP contribution in [0.4, 0.5) is 28.0 Å². The second kappa shape index (κ2) is 7.16. The summed E-state index contributed by atoms with van der Waals surface area (Å²) in [6.07, 6.45) is -4.51. The lowest BCUT2D eigenvalue weighted by Gasteiger charge is -2.32. The number of nitrogens with one attached hydrogen (secondary N) is 1. The number of amides is 2. The van der Waals surface area contributed by atoms with E-state index in [9.17, 15) is 22.4 Å². The molecule has 0 radical (unpaired) electrons. The summed E-state index contributed by atoms with van der Waals surface area (Å²) in [4.78, 5) is 13.4. The van der Waals surface area contributed by atoms with Crippen LogP contribution in [-0.2, 0) is 9.31 Å². The van der Waals surface area contributed by atoms with Gasteiger partial charge in [-0.1, -0.05) is 0 Å². The van der Waals surface area contributed by atoms with Gasteiger partial charge < -0.3 is 19.5 Å². The zero-order valence-electron chi connectivity index (χ0n) is 17.1. The standard InChI is InChI=1S/C19H25BF4N2O3/c1-11-8-14(21)15(9-13(11)20-28-17(2,3)18(4,5)29-20)25-16(27)26-7-6-12(10-26)19(22,23)24/h8-9,12H,6-7,10H2,1-5H3,(H,25,27). The molecule has 2 heterocycles. The predicted molar refractivity (Wildman–Crippen MR) is 102 cm³/mol. The van der Waals surface area contributed by atoms with Crippen LogP contribution in [0.25, 0.3) is 0 Å². The molecule has 2 saturated heterocycles. The molecule has 2 amide bonds. The fourth-order valence-electron chi connectivity index (χ4n) is 3.42. The minimum absolute atomic E-state index is 0.0342. The van der Waals surface area contributed by atoms with Gasteiger partial charge in [-0.3, -0.25) is 0 Å². The van der Waals surface area contributed by atoms with E-state index in [2.05, 4.69) is 5.32 Å². The van der Waals surface area contributed by atoms with Crippen LogP contribution in [0.15, 0.2) is 12.1 Å². The summed E-state index contributed by atoms with van der Waals surface area (Å²) < 4.78 is 64.9. The second-order valence-electron chi connectivity index (χ2n) is 8.68. The van der Waals surface area contributed by atoms with Gasteiger partial charge >= 0.3 is 19.3 Å². The molecule has 3 rings (SSSR count). The van der Waals surface area contributed by atoms with Gasteiger partial charge in [0, 0.05) is 13.1 Å². The summed E-state index contributed by atoms with van der Waals surface area (Å²) in [5, 5.41) is 2.39. The first-order valence-electron chi connectivity index (χ1n) is 9.49. The molecule has 0 spiro atoms. The topological polar surface area (TPSA) is 50.8 Å². The van der Waals surface area contributed by atoms with E-state index >= 15 is 0 Å². The van der Waals surface area contributed by atoms with Crippen molar-refractivity contribution in [3.05, 3.63) is 23.5 Å². The molecule has 2 fully saturated rings. The van der Waals surface area contributed by atoms with Crippen molar-refractivity contribution in [2.24, 2.45) is 5.92 Å². The zero-order valence-corrected chi connectivity index (χ0v) is 17.1. The third-order valence-electron chi connectivity index (χ3n) is 6.04. The van der Waals surface area contributed by atoms with E-state index in [1.807, 2.05) is 27.7 Å². The smallest absolute Gasteiger partial charge is 0.399 e. The molecule has 1 atom stereocenters. The van der Waals surface area contributed by atoms with E-state index in [4.69, 9.17) is 9.31 Å². The SMILES string of the molecule is Cc1cc(F)c(NC(=O)N2CCC(C(F)(F)F)C2)cc1B1OC(C)(C)C(C)(C)O1. The van der Waals surface area contributed by atoms with Crippen LogP contribution in [0.2, 0.25) is 0 Å². The second-order valence-corrected chi connectivity index (χ2v) is 8.68. The number of aryl methyl sites for hydroxylation is 1. The molecule has 1 aromatic carbocycles. The first kappa shape index (κ1) is 21.9. The lowest BCUT2D eigenvalue weighted by atomic mass is 9.76. The molecule has 2 aliphatic heterocycles. The van der Waals surface area contributed by atoms with Gasteiger partial charge in [0.2, 0.25) is 0 Å². The van der Waals surface area contributed by atoms with E-state index in [0.717, 1.165) is 4.90 Å². The number of urea groups is 1. The molecule has 0 bridgehead atoms. The highest BCUT2D eigenvalue weighted by atomic mass is 19.4. The van der Waals surface area contributed by atoms with Crippen molar-refractivity contribution >= 4 is 24.3 Å². The van der Waals surface area contributed by atoms with Crippen molar-refractivity contribution in [1.82, 2.24) is 4.90 Å². The highest BCUT2D eigenvalue weighted by Crippen LogP contribution is 2.37. The Morgan fingerprint density at radius 2 is 1.79 bits per heavy atom. The third-order valence-corrected chi connectivity index (χ3v) is 6.04. The zero-order chi connectivity index (χ0) is 21.8. The van der Waals surface area contributed by atoms with Gasteiger partial charge in [-0.2, -0.15) is 13.2 Å². The van der Waals surface area contributed by atoms with E-state index in [1.54, 1.807) is 6.92 Å². The van der Waals surface area contributed by atoms with E-state index in [0.29, 0.717) is 11.0 Å². The van der Waals surface area contributed by atoms with Crippen LogP contribution in [-0.4, -0.2) is 48.5 Å². The van der Waals surface area contributed by atoms with Gasteiger partial charge in [0.1, 0.15) is 5.82 Å². The molecule has 0 saturated carbocycles. The Bertz CT molecular complexity index is 797. The Kier molecular flexibility index (Phi) is 5.40. The monoisotopic (exact) mass is 416 g/mol. The van der Waals surface area contributed by atoms with Crippen molar-refractivity contribution < 1.29 is 31.7 Å². The molecule has 1 unspecified atom stereocenters. The Labute approximate surface area is 167 Å². The summed E-state index contributed by atoms with van der Waals surface area (Å²) in [5.41, 5.74) is -0.179. The predicted octanol–water partition coefficient (Wildman–Crippen LogP) is 3.85. The van der Waals surface area contributed by atoms with Crippen molar-refractivity contribution in [3.63, 3.8) is 0 Å². The van der Waals surface area contributed by atoms with Crippen LogP contribution in [0.5, 0.6) is 0 Å². The van der Waals surface area contributed by atoms with Crippen LogP contribution in [0.1, 0.15) is 39.7 Å². The molecule has 0 aliphatic carbocycles. The summed E-state index contributed by atoms with van der Waals surface area (Å²) in [5.74, 6) is -2.24. The maximum absolute atomic E-state index is 14.4. The fraction of sp³-hybridized carbons (Fsp3) is 0.632. The molecule has 5 nitrogen and oxygen atoms in total. The van der Waals surface area contributed by atoms with Crippen LogP contribution in [0, 0.1) is 18.7 Å². The number of carbonyl (C=O) groups excluding carboxylic acids is 1. The first-order valence-corrected chi connectivity index (χ1v) is 9.49. The minimum Gasteiger partial charge on any atom is -0.399 e. The minimum atomic E-state index is -4.35. The normalized spacial score (nSPS) is 23.6. The van der Waals surface area contributed by atoms with Gasteiger partial charge in [-0.05, 0) is 64.2 Å². The highest BCUT2D eigenvalue weighted by molar-refractivity contribution is 6.62. The van der Waals surface area contributed by atoms with Crippen LogP contribution in [0.3, 0.4) is 0 Å². The highest BCUT2D eigenvalue weighted by Gasteiger charge is 2.52. The Hall–Kier alpha value is -1.81. The summed E-state index contributed by atoms with van der Waals surface area (Å²) in [7, 11) is -0.752. The Morgan fingerprint density at radius 1 is 1.21 bits per heavy atom. The van der Waals surface area contributed by atoms with Crippen molar-refractivity contribution in [2.45, 2.75) is 58.4 Å². The Morgan fingerprint density at radius 3 is 2.31 bits per heavy atom. The molecule has 1 aromatic rings. The van der Waals surface area contributed by atoms with Crippen LogP contribution < -0.4 is 10.8 Å². The van der Waals surface area contributed by atoms with Gasteiger partial charge in [-0.15, -0.1) is 0 Å². The maximum atomic E-state index is 14.4. The molecule has 10 heteroatoms. The number of benzene rings is 1. The maximum Gasteiger partial charge on any atom is 0.495 e. The van der Waals surface area contributed by atoms with Crippen molar-refractivity contribution in [1.29, 1.82) is 0 Å². The number of hydrogen-bond donors (Lipinski definition) is 1. The largest absolute Gasteiger partial charge is 0.495 e. The van der Waals surface area contributed by atoms with E-state index in [-0.39, 0.29) is 18.7 Å². The van der Waals surface area contributed by atoms with E-state index in [1.165, 1.54) is 12.1 Å².